The van der Waals surface area contributed by atoms with Gasteiger partial charge in [0.1, 0.15) is 5.75 Å². The molecular formula is C10H13ClN2O2. The van der Waals surface area contributed by atoms with Crippen molar-refractivity contribution in [3.8, 4) is 5.75 Å². The molecule has 0 aromatic heterocycles. The first-order valence-electron chi connectivity index (χ1n) is 4.50. The van der Waals surface area contributed by atoms with Crippen LogP contribution >= 0.6 is 11.6 Å². The van der Waals surface area contributed by atoms with Gasteiger partial charge in [-0.15, -0.1) is 0 Å². The lowest BCUT2D eigenvalue weighted by Gasteiger charge is -2.10. The number of halogens is 1. The molecule has 0 heterocycles. The molecule has 0 atom stereocenters. The van der Waals surface area contributed by atoms with Gasteiger partial charge in [0.2, 0.25) is 0 Å². The third-order valence-electron chi connectivity index (χ3n) is 1.92. The lowest BCUT2D eigenvalue weighted by molar-refractivity contribution is -0.122. The molecule has 0 aliphatic carbocycles. The highest BCUT2D eigenvalue weighted by molar-refractivity contribution is 6.31. The maximum Gasteiger partial charge on any atom is 0.257 e. The number of nitrogens with two attached hydrogens (primary N) is 1. The van der Waals surface area contributed by atoms with Gasteiger partial charge in [0, 0.05) is 24.2 Å². The van der Waals surface area contributed by atoms with E-state index in [1.54, 1.807) is 25.2 Å². The quantitative estimate of drug-likeness (QED) is 0.806. The van der Waals surface area contributed by atoms with Gasteiger partial charge in [0.05, 0.1) is 0 Å². The Bertz CT molecular complexity index is 355. The molecule has 0 bridgehead atoms. The van der Waals surface area contributed by atoms with Gasteiger partial charge in [-0.25, -0.2) is 0 Å². The van der Waals surface area contributed by atoms with Crippen molar-refractivity contribution >= 4 is 17.5 Å². The van der Waals surface area contributed by atoms with Crippen molar-refractivity contribution in [2.24, 2.45) is 5.73 Å². The molecule has 1 amide bonds. The van der Waals surface area contributed by atoms with Crippen LogP contribution in [0, 0.1) is 0 Å². The normalized spacial score (nSPS) is 9.80. The molecule has 0 aliphatic heterocycles. The lowest BCUT2D eigenvalue weighted by atomic mass is 10.2. The summed E-state index contributed by atoms with van der Waals surface area (Å²) in [4.78, 5) is 11.0. The van der Waals surface area contributed by atoms with Crippen LogP contribution < -0.4 is 15.8 Å². The van der Waals surface area contributed by atoms with Gasteiger partial charge in [-0.2, -0.15) is 0 Å². The SMILES string of the molecule is CNC(=O)COc1cccc(Cl)c1CN. The Labute approximate surface area is 93.4 Å². The van der Waals surface area contributed by atoms with Crippen LogP contribution in [0.2, 0.25) is 5.02 Å². The van der Waals surface area contributed by atoms with E-state index in [0.717, 1.165) is 0 Å². The summed E-state index contributed by atoms with van der Waals surface area (Å²) >= 11 is 5.92. The van der Waals surface area contributed by atoms with Crippen LogP contribution in [0.4, 0.5) is 0 Å². The number of likely N-dealkylation sites (N-methyl/N-ethyl adjacent to an activating group) is 1. The molecule has 0 aliphatic rings. The first-order valence-corrected chi connectivity index (χ1v) is 4.87. The van der Waals surface area contributed by atoms with Crippen molar-refractivity contribution in [3.05, 3.63) is 28.8 Å². The zero-order valence-electron chi connectivity index (χ0n) is 8.42. The number of hydrogen-bond donors (Lipinski definition) is 2. The van der Waals surface area contributed by atoms with Gasteiger partial charge >= 0.3 is 0 Å². The minimum atomic E-state index is -0.196. The Balaban J connectivity index is 2.76. The number of benzene rings is 1. The van der Waals surface area contributed by atoms with Crippen LogP contribution in [0.5, 0.6) is 5.75 Å². The number of nitrogens with one attached hydrogen (secondary N) is 1. The topological polar surface area (TPSA) is 64.3 Å². The lowest BCUT2D eigenvalue weighted by Crippen LogP contribution is -2.25. The van der Waals surface area contributed by atoms with Crippen molar-refractivity contribution in [2.45, 2.75) is 6.54 Å². The second-order valence-electron chi connectivity index (χ2n) is 2.88. The number of carbonyl (C=O) groups excluding carboxylic acids is 1. The third kappa shape index (κ3) is 3.11. The Morgan fingerprint density at radius 2 is 2.33 bits per heavy atom. The molecule has 3 N–H and O–H groups in total. The monoisotopic (exact) mass is 228 g/mol. The maximum absolute atomic E-state index is 11.0. The fraction of sp³-hybridized carbons (Fsp3) is 0.300. The Morgan fingerprint density at radius 3 is 2.93 bits per heavy atom. The average molecular weight is 229 g/mol. The third-order valence-corrected chi connectivity index (χ3v) is 2.27. The molecule has 82 valence electrons. The van der Waals surface area contributed by atoms with E-state index in [-0.39, 0.29) is 19.1 Å². The molecule has 0 saturated heterocycles. The zero-order valence-corrected chi connectivity index (χ0v) is 9.17. The highest BCUT2D eigenvalue weighted by Crippen LogP contribution is 2.25. The van der Waals surface area contributed by atoms with Gasteiger partial charge in [-0.3, -0.25) is 4.79 Å². The minimum Gasteiger partial charge on any atom is -0.483 e. The highest BCUT2D eigenvalue weighted by Gasteiger charge is 2.07. The second kappa shape index (κ2) is 5.58. The minimum absolute atomic E-state index is 0.0379. The standard InChI is InChI=1S/C10H13ClN2O2/c1-13-10(14)6-15-9-4-2-3-8(11)7(9)5-12/h2-4H,5-6,12H2,1H3,(H,13,14). The maximum atomic E-state index is 11.0. The van der Waals surface area contributed by atoms with Gasteiger partial charge in [-0.1, -0.05) is 17.7 Å². The van der Waals surface area contributed by atoms with E-state index in [0.29, 0.717) is 16.3 Å². The summed E-state index contributed by atoms with van der Waals surface area (Å²) in [6.07, 6.45) is 0. The molecule has 15 heavy (non-hydrogen) atoms. The molecule has 4 nitrogen and oxygen atoms in total. The number of amides is 1. The molecule has 5 heteroatoms. The number of hydrogen-bond acceptors (Lipinski definition) is 3. The summed E-state index contributed by atoms with van der Waals surface area (Å²) in [5.74, 6) is 0.353. The van der Waals surface area contributed by atoms with Crippen molar-refractivity contribution < 1.29 is 9.53 Å². The molecular weight excluding hydrogens is 216 g/mol. The summed E-state index contributed by atoms with van der Waals surface area (Å²) in [7, 11) is 1.55. The Morgan fingerprint density at radius 1 is 1.60 bits per heavy atom. The van der Waals surface area contributed by atoms with E-state index in [4.69, 9.17) is 22.1 Å². The summed E-state index contributed by atoms with van der Waals surface area (Å²) in [5.41, 5.74) is 6.24. The predicted molar refractivity (Wildman–Crippen MR) is 58.9 cm³/mol. The fourth-order valence-corrected chi connectivity index (χ4v) is 1.33. The molecule has 0 fully saturated rings. The van der Waals surface area contributed by atoms with Crippen molar-refractivity contribution in [1.29, 1.82) is 0 Å². The second-order valence-corrected chi connectivity index (χ2v) is 3.29. The summed E-state index contributed by atoms with van der Waals surface area (Å²) < 4.78 is 5.29. The predicted octanol–water partition coefficient (Wildman–Crippen LogP) is 0.923. The molecule has 0 unspecified atom stereocenters. The number of rotatable bonds is 4. The number of ether oxygens (including phenoxy) is 1. The highest BCUT2D eigenvalue weighted by atomic mass is 35.5. The first kappa shape index (κ1) is 11.8. The molecule has 0 spiro atoms. The van der Waals surface area contributed by atoms with E-state index in [9.17, 15) is 4.79 Å². The molecule has 0 saturated carbocycles. The Kier molecular flexibility index (Phi) is 4.39. The average Bonchev–Trinajstić information content (AvgIpc) is 2.25. The van der Waals surface area contributed by atoms with Crippen LogP contribution in [0.15, 0.2) is 18.2 Å². The summed E-state index contributed by atoms with van der Waals surface area (Å²) in [5, 5.41) is 3.01. The van der Waals surface area contributed by atoms with Gasteiger partial charge in [-0.05, 0) is 12.1 Å². The van der Waals surface area contributed by atoms with Gasteiger partial charge in [0.25, 0.3) is 5.91 Å². The van der Waals surface area contributed by atoms with Crippen LogP contribution in [-0.4, -0.2) is 19.6 Å². The van der Waals surface area contributed by atoms with Crippen molar-refractivity contribution in [3.63, 3.8) is 0 Å². The zero-order chi connectivity index (χ0) is 11.3. The van der Waals surface area contributed by atoms with Crippen LogP contribution in [0.25, 0.3) is 0 Å². The fourth-order valence-electron chi connectivity index (χ4n) is 1.09. The van der Waals surface area contributed by atoms with E-state index >= 15 is 0 Å². The largest absolute Gasteiger partial charge is 0.483 e. The molecule has 0 radical (unpaired) electrons. The van der Waals surface area contributed by atoms with E-state index in [1.165, 1.54) is 0 Å². The van der Waals surface area contributed by atoms with E-state index in [1.807, 2.05) is 0 Å². The van der Waals surface area contributed by atoms with Crippen molar-refractivity contribution in [1.82, 2.24) is 5.32 Å². The molecule has 1 aromatic rings. The summed E-state index contributed by atoms with van der Waals surface area (Å²) in [6.45, 7) is 0.243. The van der Waals surface area contributed by atoms with E-state index < -0.39 is 0 Å². The number of carbonyl (C=O) groups is 1. The molecule has 1 rings (SSSR count). The smallest absolute Gasteiger partial charge is 0.257 e. The van der Waals surface area contributed by atoms with Crippen LogP contribution in [0.1, 0.15) is 5.56 Å². The molecule has 1 aromatic carbocycles. The van der Waals surface area contributed by atoms with Crippen LogP contribution in [0.3, 0.4) is 0 Å². The van der Waals surface area contributed by atoms with Crippen LogP contribution in [-0.2, 0) is 11.3 Å². The van der Waals surface area contributed by atoms with Crippen molar-refractivity contribution in [2.75, 3.05) is 13.7 Å². The van der Waals surface area contributed by atoms with E-state index in [2.05, 4.69) is 5.32 Å². The van der Waals surface area contributed by atoms with Gasteiger partial charge < -0.3 is 15.8 Å². The van der Waals surface area contributed by atoms with Gasteiger partial charge in [0.15, 0.2) is 6.61 Å². The first-order chi connectivity index (χ1) is 7.19. The Hall–Kier alpha value is -1.26. The summed E-state index contributed by atoms with van der Waals surface area (Å²) in [6, 6.07) is 5.22.